The maximum atomic E-state index is 10.2. The second-order valence-corrected chi connectivity index (χ2v) is 16.8. The summed E-state index contributed by atoms with van der Waals surface area (Å²) < 4.78 is 331. The summed E-state index contributed by atoms with van der Waals surface area (Å²) >= 11 is 0. The van der Waals surface area contributed by atoms with E-state index in [-0.39, 0.29) is 21.9 Å². The standard InChI is InChI=1S/C65H49N5O/c1-43-29-33-58-55(37-43)53-23-11-12-26-57(53)69(58)48-30-34-59-56(40-48)54-32-31-50(41-62(54)70(59)63-38-46(35-36-66-63)65(2,3)4)71-49-22-15-21-47(39-49)67-42-68(61-28-14-13-27-60(61)67)64-51(44-17-7-5-8-18-44)24-16-25-52(64)45-19-9-6-10-20-45/h5-41H,1-4H3/i5D,6D,7D,8D,9D,10D,11D,12D,13D,14D,15D,16D,17D,18D,19D,20D,21D,22D,23D,24D,25D,26D,27D,28D,29D,30D,31D,32D,33D,34D,35D,36D,37D,38D,40D. The second-order valence-electron chi connectivity index (χ2n) is 16.8. The third kappa shape index (κ3) is 7.18. The molecular weight excluding hydrogens is 867 g/mol. The highest BCUT2D eigenvalue weighted by molar-refractivity contribution is 6.12. The van der Waals surface area contributed by atoms with Crippen LogP contribution in [-0.2, 0) is 5.41 Å². The van der Waals surface area contributed by atoms with Crippen LogP contribution in [0, 0.1) is 13.3 Å². The molecule has 340 valence electrons. The minimum atomic E-state index is -1.13. The van der Waals surface area contributed by atoms with Gasteiger partial charge in [-0.05, 0) is 119 Å². The van der Waals surface area contributed by atoms with Gasteiger partial charge in [0.2, 0.25) is 0 Å². The van der Waals surface area contributed by atoms with Crippen molar-refractivity contribution in [1.82, 2.24) is 18.7 Å². The maximum absolute atomic E-state index is 10.2. The van der Waals surface area contributed by atoms with E-state index in [0.717, 1.165) is 21.3 Å². The fourth-order valence-corrected chi connectivity index (χ4v) is 8.19. The van der Waals surface area contributed by atoms with E-state index in [9.17, 15) is 21.9 Å². The highest BCUT2D eigenvalue weighted by Crippen LogP contribution is 2.40. The molecule has 13 rings (SSSR count). The summed E-state index contributed by atoms with van der Waals surface area (Å²) in [5.74, 6) is -2.16. The summed E-state index contributed by atoms with van der Waals surface area (Å²) in [5.41, 5.74) is -10.7. The summed E-state index contributed by atoms with van der Waals surface area (Å²) in [6, 6.07) is -29.2. The van der Waals surface area contributed by atoms with E-state index in [1.807, 2.05) is 0 Å². The van der Waals surface area contributed by atoms with Gasteiger partial charge in [-0.1, -0.05) is 159 Å². The van der Waals surface area contributed by atoms with Crippen LogP contribution in [-0.4, -0.2) is 18.7 Å². The lowest BCUT2D eigenvalue weighted by molar-refractivity contribution is -0.571. The number of fused-ring (bicyclic) bond motifs is 7. The molecule has 0 atom stereocenters. The van der Waals surface area contributed by atoms with Gasteiger partial charge in [0.25, 0.3) is 6.33 Å². The van der Waals surface area contributed by atoms with Crippen molar-refractivity contribution in [3.8, 4) is 56.6 Å². The number of hydrogen-bond acceptors (Lipinski definition) is 2. The fraction of sp³-hybridized carbons (Fsp3) is 0.0769. The number of aromatic nitrogens is 5. The Morgan fingerprint density at radius 3 is 1.92 bits per heavy atom. The molecule has 0 amide bonds. The summed E-state index contributed by atoms with van der Waals surface area (Å²) in [6.07, 6.45) is 1.96. The Morgan fingerprint density at radius 1 is 0.507 bits per heavy atom. The summed E-state index contributed by atoms with van der Waals surface area (Å²) in [6.45, 7) is 6.19. The van der Waals surface area contributed by atoms with Crippen molar-refractivity contribution in [2.45, 2.75) is 33.1 Å². The molecule has 0 aliphatic carbocycles. The molecule has 0 unspecified atom stereocenters. The molecule has 4 heterocycles. The van der Waals surface area contributed by atoms with Gasteiger partial charge in [0.15, 0.2) is 0 Å². The molecule has 0 fully saturated rings. The van der Waals surface area contributed by atoms with Crippen molar-refractivity contribution < 1.29 is 57.3 Å². The number of pyridine rings is 1. The molecule has 0 saturated heterocycles. The van der Waals surface area contributed by atoms with Gasteiger partial charge in [0.1, 0.15) is 17.3 Å². The van der Waals surface area contributed by atoms with Gasteiger partial charge in [-0.2, -0.15) is 0 Å². The van der Waals surface area contributed by atoms with Crippen LogP contribution < -0.4 is 9.30 Å². The van der Waals surface area contributed by atoms with Gasteiger partial charge in [0, 0.05) is 39.5 Å². The first kappa shape index (κ1) is 19.4. The Kier molecular flexibility index (Phi) is 4.54. The first-order chi connectivity index (χ1) is 49.3. The van der Waals surface area contributed by atoms with Gasteiger partial charge >= 0.3 is 0 Å². The van der Waals surface area contributed by atoms with Gasteiger partial charge in [0.05, 0.1) is 92.5 Å². The number of hydrogen-bond donors (Lipinski definition) is 0. The molecule has 0 N–H and O–H groups in total. The molecule has 6 nitrogen and oxygen atoms in total. The lowest BCUT2D eigenvalue weighted by Crippen LogP contribution is -2.31. The Bertz CT molecular complexity index is 6080. The summed E-state index contributed by atoms with van der Waals surface area (Å²) in [7, 11) is 0. The van der Waals surface area contributed by atoms with Crippen molar-refractivity contribution >= 4 is 54.6 Å². The maximum Gasteiger partial charge on any atom is 0.269 e. The predicted octanol–water partition coefficient (Wildman–Crippen LogP) is 16.0. The second kappa shape index (κ2) is 16.6. The van der Waals surface area contributed by atoms with Crippen LogP contribution in [0.3, 0.4) is 0 Å². The topological polar surface area (TPSA) is 40.8 Å². The van der Waals surface area contributed by atoms with Crippen LogP contribution >= 0.6 is 0 Å². The molecule has 0 bridgehead atoms. The molecule has 0 saturated carbocycles. The zero-order valence-corrected chi connectivity index (χ0v) is 37.3. The van der Waals surface area contributed by atoms with Crippen LogP contribution in [0.25, 0.3) is 99.8 Å². The average Bonchev–Trinajstić information content (AvgIpc) is 1.51. The van der Waals surface area contributed by atoms with E-state index in [0.29, 0.717) is 9.13 Å². The third-order valence-electron chi connectivity index (χ3n) is 11.3. The van der Waals surface area contributed by atoms with E-state index in [2.05, 4.69) is 11.3 Å². The zero-order chi connectivity index (χ0) is 78.3. The van der Waals surface area contributed by atoms with Crippen molar-refractivity contribution in [3.63, 3.8) is 0 Å². The zero-order valence-electron chi connectivity index (χ0n) is 72.3. The fourth-order valence-electron chi connectivity index (χ4n) is 8.19. The molecule has 4 aromatic heterocycles. The van der Waals surface area contributed by atoms with E-state index < -0.39 is 318 Å². The SMILES string of the molecule is [2H]c1nc(-n2c3cc(Oc4cc(-n5[c-][n+](-c6c(-c7c([2H])c([2H])c([2H])c([2H])c7[2H])c([2H])c([2H])c([2H])c6-c6c([2H])c([2H])c([2H])c([2H])c6[2H])c6c([2H])c([2H])c([2H])c([2H])c65)c([2H])c([2H])c4[2H])c([2H])c([2H])c3c3c([2H])c(-n4c5c([2H])c([2H])c([2H])c([2H])c5c5c([2H])c(C)c([2H])c([2H])c54)c([2H])c([2H])c32)c([2H])c(C(C)(C)C)c1[2H]. The summed E-state index contributed by atoms with van der Waals surface area (Å²) in [5, 5.41) is -1.63. The lowest BCUT2D eigenvalue weighted by Gasteiger charge is -2.20. The normalized spacial score (nSPS) is 18.8. The van der Waals surface area contributed by atoms with E-state index in [4.69, 9.17) is 30.8 Å². The van der Waals surface area contributed by atoms with E-state index >= 15 is 0 Å². The van der Waals surface area contributed by atoms with Crippen molar-refractivity contribution in [1.29, 1.82) is 0 Å². The van der Waals surface area contributed by atoms with Gasteiger partial charge in [-0.25, -0.2) is 4.98 Å². The molecule has 71 heavy (non-hydrogen) atoms. The van der Waals surface area contributed by atoms with Crippen molar-refractivity contribution in [2.24, 2.45) is 0 Å². The van der Waals surface area contributed by atoms with Gasteiger partial charge in [-0.15, -0.1) is 0 Å². The molecular formula is C65H49N5O. The monoisotopic (exact) mass is 951 g/mol. The predicted molar refractivity (Wildman–Crippen MR) is 291 cm³/mol. The molecule has 6 heteroatoms. The number of benzene rings is 9. The highest BCUT2D eigenvalue weighted by atomic mass is 16.5. The first-order valence-corrected chi connectivity index (χ1v) is 21.4. The minimum Gasteiger partial charge on any atom is -0.458 e. The number of para-hydroxylation sites is 4. The van der Waals surface area contributed by atoms with E-state index in [1.165, 1.54) is 6.92 Å². The van der Waals surface area contributed by atoms with Gasteiger partial charge < -0.3 is 9.30 Å². The highest BCUT2D eigenvalue weighted by Gasteiger charge is 2.22. The van der Waals surface area contributed by atoms with Crippen LogP contribution in [0.2, 0.25) is 0 Å². The molecule has 0 radical (unpaired) electrons. The molecule has 0 spiro atoms. The average molecular weight is 951 g/mol. The smallest absolute Gasteiger partial charge is 0.269 e. The van der Waals surface area contributed by atoms with Crippen LogP contribution in [0.5, 0.6) is 11.5 Å². The Labute approximate surface area is 461 Å². The molecule has 9 aromatic carbocycles. The number of rotatable bonds is 8. The molecule has 13 aromatic rings. The molecule has 0 aliphatic rings. The third-order valence-corrected chi connectivity index (χ3v) is 11.3. The minimum absolute atomic E-state index is 0.0799. The summed E-state index contributed by atoms with van der Waals surface area (Å²) in [4.78, 5) is 4.33. The first-order valence-electron chi connectivity index (χ1n) is 38.9. The Hall–Kier alpha value is -9.00. The van der Waals surface area contributed by atoms with Crippen molar-refractivity contribution in [2.75, 3.05) is 0 Å². The number of ether oxygens (including phenoxy) is 1. The number of imidazole rings is 1. The van der Waals surface area contributed by atoms with Crippen molar-refractivity contribution in [3.05, 3.63) is 241 Å². The number of nitrogens with zero attached hydrogens (tertiary/aromatic N) is 5. The van der Waals surface area contributed by atoms with Crippen LogP contribution in [0.4, 0.5) is 0 Å². The van der Waals surface area contributed by atoms with Crippen LogP contribution in [0.1, 0.15) is 79.9 Å². The van der Waals surface area contributed by atoms with Crippen LogP contribution in [0.15, 0.2) is 224 Å². The largest absolute Gasteiger partial charge is 0.458 e. The van der Waals surface area contributed by atoms with Gasteiger partial charge in [-0.3, -0.25) is 13.7 Å². The van der Waals surface area contributed by atoms with E-state index in [1.54, 1.807) is 20.8 Å². The Morgan fingerprint density at radius 2 is 1.14 bits per heavy atom. The molecule has 0 aliphatic heterocycles. The Balaban J connectivity index is 1.15. The lowest BCUT2D eigenvalue weighted by atomic mass is 9.88. The quantitative estimate of drug-likeness (QED) is 0.112.